The molecule has 1 aromatic carbocycles. The summed E-state index contributed by atoms with van der Waals surface area (Å²) in [5.41, 5.74) is 2.21. The second kappa shape index (κ2) is 8.26. The molecule has 0 saturated carbocycles. The molecule has 1 unspecified atom stereocenters. The van der Waals surface area contributed by atoms with Crippen molar-refractivity contribution in [2.24, 2.45) is 0 Å². The highest BCUT2D eigenvalue weighted by atomic mass is 32.1. The van der Waals surface area contributed by atoms with Crippen molar-refractivity contribution in [1.29, 1.82) is 0 Å². The molecule has 0 aliphatic carbocycles. The molecule has 24 heavy (non-hydrogen) atoms. The molecular formula is C18H23N3O2S. The number of rotatable bonds is 6. The van der Waals surface area contributed by atoms with Crippen LogP contribution >= 0.6 is 11.3 Å². The van der Waals surface area contributed by atoms with Gasteiger partial charge in [0.25, 0.3) is 0 Å². The molecule has 0 radical (unpaired) electrons. The average Bonchev–Trinajstić information content (AvgIpc) is 3.28. The van der Waals surface area contributed by atoms with Gasteiger partial charge in [0.15, 0.2) is 0 Å². The van der Waals surface area contributed by atoms with Crippen LogP contribution in [0.2, 0.25) is 0 Å². The van der Waals surface area contributed by atoms with E-state index in [2.05, 4.69) is 34.6 Å². The van der Waals surface area contributed by atoms with Gasteiger partial charge in [0, 0.05) is 18.3 Å². The minimum atomic E-state index is -0.106. The zero-order valence-corrected chi connectivity index (χ0v) is 14.5. The zero-order chi connectivity index (χ0) is 16.8. The highest BCUT2D eigenvalue weighted by Gasteiger charge is 2.27. The van der Waals surface area contributed by atoms with Crippen molar-refractivity contribution in [3.8, 4) is 0 Å². The number of carbonyl (C=O) groups is 1. The van der Waals surface area contributed by atoms with Gasteiger partial charge in [-0.05, 0) is 24.8 Å². The Morgan fingerprint density at radius 1 is 1.33 bits per heavy atom. The van der Waals surface area contributed by atoms with E-state index in [0.29, 0.717) is 6.54 Å². The van der Waals surface area contributed by atoms with Crippen LogP contribution in [0.3, 0.4) is 0 Å². The average molecular weight is 345 g/mol. The SMILES string of the molecule is O=C(NCc1csc(CCc2ccccc2)n1)N1CCCC1CO. The number of aromatic nitrogens is 1. The van der Waals surface area contributed by atoms with Crippen LogP contribution in [-0.4, -0.2) is 40.2 Å². The van der Waals surface area contributed by atoms with Gasteiger partial charge < -0.3 is 15.3 Å². The lowest BCUT2D eigenvalue weighted by Gasteiger charge is -2.23. The summed E-state index contributed by atoms with van der Waals surface area (Å²) in [5, 5.41) is 15.3. The minimum absolute atomic E-state index is 0.0355. The third-order valence-electron chi connectivity index (χ3n) is 4.34. The van der Waals surface area contributed by atoms with Crippen molar-refractivity contribution in [1.82, 2.24) is 15.2 Å². The van der Waals surface area contributed by atoms with E-state index in [9.17, 15) is 9.90 Å². The number of hydrogen-bond donors (Lipinski definition) is 2. The zero-order valence-electron chi connectivity index (χ0n) is 13.6. The molecule has 1 aliphatic rings. The van der Waals surface area contributed by atoms with Crippen molar-refractivity contribution < 1.29 is 9.90 Å². The lowest BCUT2D eigenvalue weighted by Crippen LogP contribution is -2.43. The van der Waals surface area contributed by atoms with Gasteiger partial charge in [-0.25, -0.2) is 9.78 Å². The maximum atomic E-state index is 12.2. The summed E-state index contributed by atoms with van der Waals surface area (Å²) in [6.07, 6.45) is 3.73. The molecule has 2 amide bonds. The molecule has 0 bridgehead atoms. The molecule has 1 aliphatic heterocycles. The molecule has 1 saturated heterocycles. The normalized spacial score (nSPS) is 17.2. The number of nitrogens with zero attached hydrogens (tertiary/aromatic N) is 2. The van der Waals surface area contributed by atoms with Crippen molar-refractivity contribution in [3.63, 3.8) is 0 Å². The lowest BCUT2D eigenvalue weighted by atomic mass is 10.1. The topological polar surface area (TPSA) is 65.5 Å². The molecule has 6 heteroatoms. The van der Waals surface area contributed by atoms with Crippen molar-refractivity contribution in [2.45, 2.75) is 38.3 Å². The first-order chi connectivity index (χ1) is 11.8. The predicted molar refractivity (Wildman–Crippen MR) is 95.0 cm³/mol. The number of aliphatic hydroxyl groups is 1. The van der Waals surface area contributed by atoms with Crippen LogP contribution < -0.4 is 5.32 Å². The highest BCUT2D eigenvalue weighted by Crippen LogP contribution is 2.17. The summed E-state index contributed by atoms with van der Waals surface area (Å²) < 4.78 is 0. The highest BCUT2D eigenvalue weighted by molar-refractivity contribution is 7.09. The smallest absolute Gasteiger partial charge is 0.318 e. The molecule has 2 N–H and O–H groups in total. The fourth-order valence-corrected chi connectivity index (χ4v) is 3.80. The van der Waals surface area contributed by atoms with Crippen LogP contribution in [0, 0.1) is 0 Å². The second-order valence-corrected chi connectivity index (χ2v) is 6.99. The molecule has 0 spiro atoms. The number of urea groups is 1. The molecule has 2 heterocycles. The number of nitrogens with one attached hydrogen (secondary N) is 1. The molecule has 1 aromatic heterocycles. The number of benzene rings is 1. The fraction of sp³-hybridized carbons (Fsp3) is 0.444. The Balaban J connectivity index is 1.46. The van der Waals surface area contributed by atoms with E-state index >= 15 is 0 Å². The van der Waals surface area contributed by atoms with E-state index in [1.807, 2.05) is 11.4 Å². The van der Waals surface area contributed by atoms with Crippen LogP contribution in [0.1, 0.15) is 29.1 Å². The summed E-state index contributed by atoms with van der Waals surface area (Å²) in [6.45, 7) is 1.19. The Hall–Kier alpha value is -1.92. The van der Waals surface area contributed by atoms with E-state index in [-0.39, 0.29) is 18.7 Å². The number of aliphatic hydroxyl groups excluding tert-OH is 1. The van der Waals surface area contributed by atoms with Gasteiger partial charge in [-0.3, -0.25) is 0 Å². The Labute approximate surface area is 146 Å². The number of likely N-dealkylation sites (tertiary alicyclic amines) is 1. The number of aryl methyl sites for hydroxylation is 2. The fourth-order valence-electron chi connectivity index (χ4n) is 3.00. The van der Waals surface area contributed by atoms with E-state index < -0.39 is 0 Å². The van der Waals surface area contributed by atoms with Crippen molar-refractivity contribution in [2.75, 3.05) is 13.2 Å². The van der Waals surface area contributed by atoms with Gasteiger partial charge in [0.1, 0.15) is 0 Å². The van der Waals surface area contributed by atoms with Gasteiger partial charge in [-0.2, -0.15) is 0 Å². The van der Waals surface area contributed by atoms with Gasteiger partial charge >= 0.3 is 6.03 Å². The van der Waals surface area contributed by atoms with Crippen LogP contribution in [0.15, 0.2) is 35.7 Å². The van der Waals surface area contributed by atoms with Crippen molar-refractivity contribution in [3.05, 3.63) is 52.0 Å². The van der Waals surface area contributed by atoms with Crippen LogP contribution in [0.25, 0.3) is 0 Å². The Morgan fingerprint density at radius 2 is 2.17 bits per heavy atom. The standard InChI is InChI=1S/C18H23N3O2S/c22-12-16-7-4-10-21(16)18(23)19-11-15-13-24-17(20-15)9-8-14-5-2-1-3-6-14/h1-3,5-6,13,16,22H,4,7-12H2,(H,19,23). The summed E-state index contributed by atoms with van der Waals surface area (Å²) in [5.74, 6) is 0. The first-order valence-corrected chi connectivity index (χ1v) is 9.27. The number of carbonyl (C=O) groups excluding carboxylic acids is 1. The van der Waals surface area contributed by atoms with Crippen molar-refractivity contribution >= 4 is 17.4 Å². The van der Waals surface area contributed by atoms with Gasteiger partial charge in [-0.15, -0.1) is 11.3 Å². The van der Waals surface area contributed by atoms with E-state index in [1.54, 1.807) is 16.2 Å². The van der Waals surface area contributed by atoms with Crippen LogP contribution in [0.4, 0.5) is 4.79 Å². The van der Waals surface area contributed by atoms with Crippen LogP contribution in [-0.2, 0) is 19.4 Å². The second-order valence-electron chi connectivity index (χ2n) is 6.05. The Kier molecular flexibility index (Phi) is 5.82. The first kappa shape index (κ1) is 16.9. The molecule has 3 rings (SSSR count). The van der Waals surface area contributed by atoms with Gasteiger partial charge in [-0.1, -0.05) is 30.3 Å². The minimum Gasteiger partial charge on any atom is -0.394 e. The Morgan fingerprint density at radius 3 is 2.96 bits per heavy atom. The van der Waals surface area contributed by atoms with Gasteiger partial charge in [0.2, 0.25) is 0 Å². The molecule has 128 valence electrons. The summed E-state index contributed by atoms with van der Waals surface area (Å²) >= 11 is 1.64. The predicted octanol–water partition coefficient (Wildman–Crippen LogP) is 2.59. The Bertz CT molecular complexity index is 659. The molecule has 1 atom stereocenters. The molecule has 5 nitrogen and oxygen atoms in total. The summed E-state index contributed by atoms with van der Waals surface area (Å²) in [4.78, 5) is 18.5. The van der Waals surface area contributed by atoms with Crippen LogP contribution in [0.5, 0.6) is 0 Å². The molecule has 1 fully saturated rings. The maximum absolute atomic E-state index is 12.2. The monoisotopic (exact) mass is 345 g/mol. The quantitative estimate of drug-likeness (QED) is 0.846. The number of amides is 2. The lowest BCUT2D eigenvalue weighted by molar-refractivity contribution is 0.157. The van der Waals surface area contributed by atoms with Gasteiger partial charge in [0.05, 0.1) is 29.9 Å². The summed E-state index contributed by atoms with van der Waals surface area (Å²) in [7, 11) is 0. The van der Waals surface area contributed by atoms with E-state index in [0.717, 1.165) is 42.9 Å². The molecule has 2 aromatic rings. The molecular weight excluding hydrogens is 322 g/mol. The first-order valence-electron chi connectivity index (χ1n) is 8.39. The van der Waals surface area contributed by atoms with E-state index in [4.69, 9.17) is 0 Å². The number of thiazole rings is 1. The maximum Gasteiger partial charge on any atom is 0.318 e. The third kappa shape index (κ3) is 4.33. The number of hydrogen-bond acceptors (Lipinski definition) is 4. The third-order valence-corrected chi connectivity index (χ3v) is 5.30. The largest absolute Gasteiger partial charge is 0.394 e. The summed E-state index contributed by atoms with van der Waals surface area (Å²) in [6, 6.07) is 10.2. The van der Waals surface area contributed by atoms with E-state index in [1.165, 1.54) is 5.56 Å².